The molecule has 1 saturated heterocycles. The highest BCUT2D eigenvalue weighted by Crippen LogP contribution is 2.30. The standard InChI is InChI=1S/C11H13ClN2O.ClH/c1-14-10(15)6-9(13)11(14)7-2-4-8(12)5-3-7;/h2-5,9,11H,6,13H2,1H3;1H/t9-,11+;/m0./s1. The first-order valence-corrected chi connectivity index (χ1v) is 5.24. The Morgan fingerprint density at radius 3 is 2.38 bits per heavy atom. The fraction of sp³-hybridized carbons (Fsp3) is 0.364. The number of amides is 1. The molecule has 16 heavy (non-hydrogen) atoms. The average Bonchev–Trinajstić information content (AvgIpc) is 2.44. The number of likely N-dealkylation sites (N-methyl/N-ethyl adjacent to an activating group) is 1. The van der Waals surface area contributed by atoms with E-state index in [2.05, 4.69) is 0 Å². The molecule has 1 aliphatic rings. The second kappa shape index (κ2) is 5.04. The molecule has 2 rings (SSSR count). The minimum Gasteiger partial charge on any atom is -0.337 e. The largest absolute Gasteiger partial charge is 0.337 e. The Hall–Kier alpha value is -0.770. The summed E-state index contributed by atoms with van der Waals surface area (Å²) in [6.07, 6.45) is 0.420. The van der Waals surface area contributed by atoms with E-state index in [-0.39, 0.29) is 30.4 Å². The van der Waals surface area contributed by atoms with Gasteiger partial charge in [0.05, 0.1) is 6.04 Å². The normalized spacial score (nSPS) is 24.4. The first-order valence-electron chi connectivity index (χ1n) is 4.86. The van der Waals surface area contributed by atoms with Gasteiger partial charge < -0.3 is 10.6 Å². The summed E-state index contributed by atoms with van der Waals surface area (Å²) in [7, 11) is 1.79. The third kappa shape index (κ3) is 2.32. The topological polar surface area (TPSA) is 46.3 Å². The number of hydrogen-bond acceptors (Lipinski definition) is 2. The molecule has 1 aliphatic heterocycles. The van der Waals surface area contributed by atoms with Crippen LogP contribution in [0.15, 0.2) is 24.3 Å². The lowest BCUT2D eigenvalue weighted by atomic mass is 10.0. The van der Waals surface area contributed by atoms with E-state index in [0.29, 0.717) is 11.4 Å². The first kappa shape index (κ1) is 13.3. The van der Waals surface area contributed by atoms with Crippen molar-refractivity contribution < 1.29 is 4.79 Å². The van der Waals surface area contributed by atoms with Crippen molar-refractivity contribution in [1.29, 1.82) is 0 Å². The van der Waals surface area contributed by atoms with Crippen molar-refractivity contribution in [2.75, 3.05) is 7.05 Å². The molecule has 1 amide bonds. The molecule has 0 bridgehead atoms. The number of benzene rings is 1. The lowest BCUT2D eigenvalue weighted by Gasteiger charge is -2.23. The van der Waals surface area contributed by atoms with Gasteiger partial charge in [0, 0.05) is 24.5 Å². The third-order valence-electron chi connectivity index (χ3n) is 2.84. The van der Waals surface area contributed by atoms with Crippen LogP contribution in [0.2, 0.25) is 5.02 Å². The minimum atomic E-state index is -0.122. The van der Waals surface area contributed by atoms with Crippen LogP contribution >= 0.6 is 24.0 Å². The number of likely N-dealkylation sites (tertiary alicyclic amines) is 1. The molecule has 1 aromatic rings. The van der Waals surface area contributed by atoms with Crippen LogP contribution in [0, 0.1) is 0 Å². The van der Waals surface area contributed by atoms with E-state index < -0.39 is 0 Å². The maximum Gasteiger partial charge on any atom is 0.224 e. The van der Waals surface area contributed by atoms with Gasteiger partial charge in [0.15, 0.2) is 0 Å². The minimum absolute atomic E-state index is 0. The van der Waals surface area contributed by atoms with Gasteiger partial charge in [-0.25, -0.2) is 0 Å². The second-order valence-corrected chi connectivity index (χ2v) is 4.31. The summed E-state index contributed by atoms with van der Waals surface area (Å²) in [6, 6.07) is 7.34. The van der Waals surface area contributed by atoms with Gasteiger partial charge in [0.1, 0.15) is 0 Å². The van der Waals surface area contributed by atoms with E-state index >= 15 is 0 Å². The Balaban J connectivity index is 0.00000128. The zero-order valence-corrected chi connectivity index (χ0v) is 10.5. The summed E-state index contributed by atoms with van der Waals surface area (Å²) in [4.78, 5) is 13.2. The van der Waals surface area contributed by atoms with E-state index in [1.54, 1.807) is 11.9 Å². The molecule has 1 aromatic carbocycles. The molecule has 1 heterocycles. The maximum absolute atomic E-state index is 11.5. The summed E-state index contributed by atoms with van der Waals surface area (Å²) in [5.74, 6) is 0.0995. The van der Waals surface area contributed by atoms with Crippen LogP contribution in [-0.2, 0) is 4.79 Å². The van der Waals surface area contributed by atoms with Crippen LogP contribution in [0.25, 0.3) is 0 Å². The van der Waals surface area contributed by atoms with Gasteiger partial charge in [-0.1, -0.05) is 23.7 Å². The highest BCUT2D eigenvalue weighted by Gasteiger charge is 2.35. The predicted molar refractivity (Wildman–Crippen MR) is 66.8 cm³/mol. The van der Waals surface area contributed by atoms with E-state index in [4.69, 9.17) is 17.3 Å². The molecular formula is C11H14Cl2N2O. The molecule has 1 fully saturated rings. The summed E-state index contributed by atoms with van der Waals surface area (Å²) in [5.41, 5.74) is 6.98. The van der Waals surface area contributed by atoms with E-state index in [0.717, 1.165) is 5.56 Å². The van der Waals surface area contributed by atoms with Crippen molar-refractivity contribution in [1.82, 2.24) is 4.90 Å². The number of carbonyl (C=O) groups excluding carboxylic acids is 1. The number of halogens is 2. The summed E-state index contributed by atoms with van der Waals surface area (Å²) < 4.78 is 0. The summed E-state index contributed by atoms with van der Waals surface area (Å²) >= 11 is 5.81. The van der Waals surface area contributed by atoms with Crippen molar-refractivity contribution in [3.05, 3.63) is 34.9 Å². The van der Waals surface area contributed by atoms with Crippen LogP contribution in [0.1, 0.15) is 18.0 Å². The van der Waals surface area contributed by atoms with Gasteiger partial charge in [-0.15, -0.1) is 12.4 Å². The zero-order chi connectivity index (χ0) is 11.0. The maximum atomic E-state index is 11.5. The van der Waals surface area contributed by atoms with Gasteiger partial charge in [-0.3, -0.25) is 4.79 Å². The fourth-order valence-corrected chi connectivity index (χ4v) is 2.16. The number of nitrogens with zero attached hydrogens (tertiary/aromatic N) is 1. The third-order valence-corrected chi connectivity index (χ3v) is 3.09. The summed E-state index contributed by atoms with van der Waals surface area (Å²) in [5, 5.41) is 0.694. The molecule has 0 aromatic heterocycles. The number of nitrogens with two attached hydrogens (primary N) is 1. The SMILES string of the molecule is CN1C(=O)C[C@H](N)[C@H]1c1ccc(Cl)cc1.Cl. The Morgan fingerprint density at radius 1 is 1.38 bits per heavy atom. The van der Waals surface area contributed by atoms with Crippen molar-refractivity contribution in [3.63, 3.8) is 0 Å². The van der Waals surface area contributed by atoms with Gasteiger partial charge in [0.2, 0.25) is 5.91 Å². The van der Waals surface area contributed by atoms with Crippen LogP contribution in [0.5, 0.6) is 0 Å². The molecule has 2 atom stereocenters. The van der Waals surface area contributed by atoms with Gasteiger partial charge >= 0.3 is 0 Å². The number of carbonyl (C=O) groups is 1. The van der Waals surface area contributed by atoms with E-state index in [1.807, 2.05) is 24.3 Å². The van der Waals surface area contributed by atoms with Crippen LogP contribution in [-0.4, -0.2) is 23.9 Å². The highest BCUT2D eigenvalue weighted by molar-refractivity contribution is 6.30. The number of hydrogen-bond donors (Lipinski definition) is 1. The summed E-state index contributed by atoms with van der Waals surface area (Å²) in [6.45, 7) is 0. The lowest BCUT2D eigenvalue weighted by Crippen LogP contribution is -2.30. The Bertz CT molecular complexity index is 380. The Morgan fingerprint density at radius 2 is 1.94 bits per heavy atom. The molecule has 0 saturated carbocycles. The van der Waals surface area contributed by atoms with Crippen molar-refractivity contribution in [2.45, 2.75) is 18.5 Å². The smallest absolute Gasteiger partial charge is 0.224 e. The monoisotopic (exact) mass is 260 g/mol. The van der Waals surface area contributed by atoms with Crippen LogP contribution in [0.4, 0.5) is 0 Å². The van der Waals surface area contributed by atoms with E-state index in [9.17, 15) is 4.79 Å². The highest BCUT2D eigenvalue weighted by atomic mass is 35.5. The molecule has 0 radical (unpaired) electrons. The number of rotatable bonds is 1. The second-order valence-electron chi connectivity index (χ2n) is 3.87. The van der Waals surface area contributed by atoms with Gasteiger partial charge in [-0.2, -0.15) is 0 Å². The van der Waals surface area contributed by atoms with Gasteiger partial charge in [0.25, 0.3) is 0 Å². The molecule has 88 valence electrons. The Labute approximate surface area is 106 Å². The van der Waals surface area contributed by atoms with Crippen LogP contribution in [0.3, 0.4) is 0 Å². The fourth-order valence-electron chi connectivity index (χ4n) is 2.03. The predicted octanol–water partition coefficient (Wildman–Crippen LogP) is 1.99. The quantitative estimate of drug-likeness (QED) is 0.840. The molecule has 0 unspecified atom stereocenters. The molecular weight excluding hydrogens is 247 g/mol. The van der Waals surface area contributed by atoms with Crippen molar-refractivity contribution in [2.24, 2.45) is 5.73 Å². The van der Waals surface area contributed by atoms with Gasteiger partial charge in [-0.05, 0) is 17.7 Å². The van der Waals surface area contributed by atoms with Crippen molar-refractivity contribution >= 4 is 29.9 Å². The average molecular weight is 261 g/mol. The first-order chi connectivity index (χ1) is 7.09. The zero-order valence-electron chi connectivity index (χ0n) is 8.89. The molecule has 2 N–H and O–H groups in total. The Kier molecular flexibility index (Phi) is 4.19. The van der Waals surface area contributed by atoms with Crippen molar-refractivity contribution in [3.8, 4) is 0 Å². The molecule has 0 aliphatic carbocycles. The van der Waals surface area contributed by atoms with Crippen LogP contribution < -0.4 is 5.73 Å². The molecule has 0 spiro atoms. The lowest BCUT2D eigenvalue weighted by molar-refractivity contribution is -0.127. The molecule has 3 nitrogen and oxygen atoms in total. The molecule has 5 heteroatoms. The van der Waals surface area contributed by atoms with E-state index in [1.165, 1.54) is 0 Å².